The molecule has 0 aromatic heterocycles. The first-order valence-corrected chi connectivity index (χ1v) is 5.26. The summed E-state index contributed by atoms with van der Waals surface area (Å²) in [5, 5.41) is -0.233. The number of fused-ring (bicyclic) bond motifs is 1. The van der Waals surface area contributed by atoms with Crippen LogP contribution in [0.3, 0.4) is 0 Å². The Morgan fingerprint density at radius 3 is 3.00 bits per heavy atom. The Morgan fingerprint density at radius 2 is 2.29 bits per heavy atom. The van der Waals surface area contributed by atoms with Gasteiger partial charge in [0.25, 0.3) is 0 Å². The van der Waals surface area contributed by atoms with Gasteiger partial charge in [0.05, 0.1) is 12.2 Å². The maximum absolute atomic E-state index is 11.0. The zero-order valence-corrected chi connectivity index (χ0v) is 9.32. The van der Waals surface area contributed by atoms with Gasteiger partial charge in [0.2, 0.25) is 5.14 Å². The van der Waals surface area contributed by atoms with Crippen molar-refractivity contribution in [3.05, 3.63) is 24.3 Å². The number of ketones is 1. The number of nitrogens with zero attached hydrogens (tertiary/aromatic N) is 1. The molecule has 0 fully saturated rings. The van der Waals surface area contributed by atoms with Crippen molar-refractivity contribution in [2.75, 3.05) is 11.4 Å². The van der Waals surface area contributed by atoms with Crippen molar-refractivity contribution in [3.63, 3.8) is 0 Å². The van der Waals surface area contributed by atoms with E-state index in [2.05, 4.69) is 15.9 Å². The highest BCUT2D eigenvalue weighted by atomic mass is 79.9. The molecular formula is C10H10BrNO2. The van der Waals surface area contributed by atoms with E-state index >= 15 is 0 Å². The van der Waals surface area contributed by atoms with E-state index in [4.69, 9.17) is 4.74 Å². The van der Waals surface area contributed by atoms with Gasteiger partial charge in [-0.25, -0.2) is 0 Å². The standard InChI is InChI=1S/C10H10BrNO2/c1-7(13)6-12-8-4-2-3-5-9(8)14-10(12)11/h2-5,10H,6H2,1H3. The average Bonchev–Trinajstić information content (AvgIpc) is 2.43. The molecule has 4 heteroatoms. The molecule has 0 saturated heterocycles. The first-order valence-electron chi connectivity index (χ1n) is 4.34. The van der Waals surface area contributed by atoms with Gasteiger partial charge >= 0.3 is 0 Å². The van der Waals surface area contributed by atoms with Gasteiger partial charge in [-0.2, -0.15) is 0 Å². The second-order valence-corrected chi connectivity index (χ2v) is 3.99. The van der Waals surface area contributed by atoms with Gasteiger partial charge in [-0.3, -0.25) is 4.79 Å². The minimum absolute atomic E-state index is 0.120. The van der Waals surface area contributed by atoms with Gasteiger partial charge in [-0.15, -0.1) is 0 Å². The van der Waals surface area contributed by atoms with E-state index in [0.717, 1.165) is 11.4 Å². The summed E-state index contributed by atoms with van der Waals surface area (Å²) in [6.45, 7) is 1.94. The fraction of sp³-hybridized carbons (Fsp3) is 0.300. The van der Waals surface area contributed by atoms with Gasteiger partial charge in [0, 0.05) is 0 Å². The van der Waals surface area contributed by atoms with E-state index in [9.17, 15) is 4.79 Å². The molecule has 0 bridgehead atoms. The lowest BCUT2D eigenvalue weighted by Gasteiger charge is -2.18. The van der Waals surface area contributed by atoms with Crippen LogP contribution in [0, 0.1) is 0 Å². The number of rotatable bonds is 2. The Hall–Kier alpha value is -1.03. The molecular weight excluding hydrogens is 246 g/mol. The Balaban J connectivity index is 2.30. The number of benzene rings is 1. The van der Waals surface area contributed by atoms with Crippen LogP contribution in [0.2, 0.25) is 0 Å². The summed E-state index contributed by atoms with van der Waals surface area (Å²) in [7, 11) is 0. The fourth-order valence-corrected chi connectivity index (χ4v) is 2.04. The topological polar surface area (TPSA) is 29.5 Å². The van der Waals surface area contributed by atoms with Crippen molar-refractivity contribution in [2.45, 2.75) is 12.1 Å². The van der Waals surface area contributed by atoms with Gasteiger partial charge in [-0.1, -0.05) is 12.1 Å². The SMILES string of the molecule is CC(=O)CN1c2ccccc2OC1Br. The van der Waals surface area contributed by atoms with Crippen LogP contribution < -0.4 is 9.64 Å². The molecule has 0 saturated carbocycles. The number of para-hydroxylation sites is 2. The first-order chi connectivity index (χ1) is 6.68. The van der Waals surface area contributed by atoms with E-state index in [0.29, 0.717) is 6.54 Å². The summed E-state index contributed by atoms with van der Waals surface area (Å²) in [6, 6.07) is 7.68. The normalized spacial score (nSPS) is 19.0. The molecule has 1 aliphatic rings. The third kappa shape index (κ3) is 1.62. The van der Waals surface area contributed by atoms with Crippen molar-refractivity contribution in [1.82, 2.24) is 0 Å². The van der Waals surface area contributed by atoms with E-state index in [1.807, 2.05) is 29.2 Å². The molecule has 1 heterocycles. The molecule has 0 N–H and O–H groups in total. The maximum atomic E-state index is 11.0. The molecule has 74 valence electrons. The Kier molecular flexibility index (Phi) is 2.46. The summed E-state index contributed by atoms with van der Waals surface area (Å²) in [4.78, 5) is 12.9. The quantitative estimate of drug-likeness (QED) is 0.599. The van der Waals surface area contributed by atoms with Gasteiger partial charge < -0.3 is 9.64 Å². The highest BCUT2D eigenvalue weighted by Gasteiger charge is 2.28. The third-order valence-corrected chi connectivity index (χ3v) is 2.72. The number of hydrogen-bond donors (Lipinski definition) is 0. The highest BCUT2D eigenvalue weighted by molar-refractivity contribution is 9.09. The van der Waals surface area contributed by atoms with Crippen LogP contribution in [-0.2, 0) is 4.79 Å². The molecule has 2 rings (SSSR count). The van der Waals surface area contributed by atoms with Gasteiger partial charge in [-0.05, 0) is 35.0 Å². The third-order valence-electron chi connectivity index (χ3n) is 2.04. The first kappa shape index (κ1) is 9.52. The van der Waals surface area contributed by atoms with E-state index in [-0.39, 0.29) is 10.9 Å². The maximum Gasteiger partial charge on any atom is 0.229 e. The molecule has 0 aliphatic carbocycles. The number of alkyl halides is 1. The lowest BCUT2D eigenvalue weighted by molar-refractivity contribution is -0.115. The molecule has 14 heavy (non-hydrogen) atoms. The second-order valence-electron chi connectivity index (χ2n) is 3.21. The van der Waals surface area contributed by atoms with Crippen LogP contribution in [0.5, 0.6) is 5.75 Å². The number of anilines is 1. The monoisotopic (exact) mass is 255 g/mol. The van der Waals surface area contributed by atoms with E-state index in [1.165, 1.54) is 0 Å². The Morgan fingerprint density at radius 1 is 1.57 bits per heavy atom. The number of ether oxygens (including phenoxy) is 1. The molecule has 0 spiro atoms. The Labute approximate surface area is 90.8 Å². The van der Waals surface area contributed by atoms with Crippen LogP contribution in [0.15, 0.2) is 24.3 Å². The zero-order valence-electron chi connectivity index (χ0n) is 7.74. The molecule has 3 nitrogen and oxygen atoms in total. The van der Waals surface area contributed by atoms with Gasteiger partial charge in [0.1, 0.15) is 11.5 Å². The van der Waals surface area contributed by atoms with Crippen LogP contribution >= 0.6 is 15.9 Å². The van der Waals surface area contributed by atoms with Crippen LogP contribution in [0.4, 0.5) is 5.69 Å². The molecule has 1 aliphatic heterocycles. The molecule has 1 aromatic rings. The second kappa shape index (κ2) is 3.61. The molecule has 0 radical (unpaired) electrons. The predicted octanol–water partition coefficient (Wildman–Crippen LogP) is 2.15. The van der Waals surface area contributed by atoms with Crippen molar-refractivity contribution in [3.8, 4) is 5.75 Å². The molecule has 1 atom stereocenters. The fourth-order valence-electron chi connectivity index (χ4n) is 1.47. The molecule has 0 amide bonds. The number of carbonyl (C=O) groups excluding carboxylic acids is 1. The molecule has 1 aromatic carbocycles. The number of halogens is 1. The number of Topliss-reactive ketones (excluding diaryl/α,β-unsaturated/α-hetero) is 1. The van der Waals surface area contributed by atoms with E-state index < -0.39 is 0 Å². The van der Waals surface area contributed by atoms with Crippen LogP contribution in [-0.4, -0.2) is 17.5 Å². The summed E-state index contributed by atoms with van der Waals surface area (Å²) in [5.41, 5.74) is 0.963. The van der Waals surface area contributed by atoms with Crippen molar-refractivity contribution >= 4 is 27.4 Å². The molecule has 1 unspecified atom stereocenters. The highest BCUT2D eigenvalue weighted by Crippen LogP contribution is 2.38. The summed E-state index contributed by atoms with van der Waals surface area (Å²) in [6.07, 6.45) is 0. The lowest BCUT2D eigenvalue weighted by Crippen LogP contribution is -2.33. The predicted molar refractivity (Wildman–Crippen MR) is 57.8 cm³/mol. The summed E-state index contributed by atoms with van der Waals surface area (Å²) < 4.78 is 5.51. The number of hydrogen-bond acceptors (Lipinski definition) is 3. The zero-order chi connectivity index (χ0) is 10.1. The minimum Gasteiger partial charge on any atom is -0.458 e. The minimum atomic E-state index is -0.233. The lowest BCUT2D eigenvalue weighted by atomic mass is 10.3. The van der Waals surface area contributed by atoms with Gasteiger partial charge in [0.15, 0.2) is 0 Å². The van der Waals surface area contributed by atoms with Crippen LogP contribution in [0.1, 0.15) is 6.92 Å². The van der Waals surface area contributed by atoms with E-state index in [1.54, 1.807) is 6.92 Å². The van der Waals surface area contributed by atoms with Crippen molar-refractivity contribution in [2.24, 2.45) is 0 Å². The summed E-state index contributed by atoms with van der Waals surface area (Å²) >= 11 is 3.37. The largest absolute Gasteiger partial charge is 0.458 e. The average molecular weight is 256 g/mol. The van der Waals surface area contributed by atoms with Crippen molar-refractivity contribution in [1.29, 1.82) is 0 Å². The van der Waals surface area contributed by atoms with Crippen LogP contribution in [0.25, 0.3) is 0 Å². The Bertz CT molecular complexity index is 367. The van der Waals surface area contributed by atoms with Crippen molar-refractivity contribution < 1.29 is 9.53 Å². The summed E-state index contributed by atoms with van der Waals surface area (Å²) in [5.74, 6) is 0.936. The smallest absolute Gasteiger partial charge is 0.229 e. The number of carbonyl (C=O) groups is 1.